The van der Waals surface area contributed by atoms with Crippen LogP contribution in [0.5, 0.6) is 0 Å². The molecule has 2 aliphatic rings. The van der Waals surface area contributed by atoms with Crippen LogP contribution in [0, 0.1) is 5.92 Å². The molecule has 3 rings (SSSR count). The summed E-state index contributed by atoms with van der Waals surface area (Å²) in [6, 6.07) is 7.88. The quantitative estimate of drug-likeness (QED) is 0.863. The standard InChI is InChI=1S/C19H28F2N2/c1-13(2)19(3)12-23(17-7-5-4-6-16(17)22-19)15-10-8-14(9-11-15)18(20)21/h8-11,13,16-18,22H,4-7,12H2,1-3H3. The fraction of sp³-hybridized carbons (Fsp3) is 0.684. The number of hydrogen-bond acceptors (Lipinski definition) is 2. The van der Waals surface area contributed by atoms with E-state index >= 15 is 0 Å². The first-order chi connectivity index (χ1) is 10.9. The van der Waals surface area contributed by atoms with E-state index < -0.39 is 6.43 Å². The van der Waals surface area contributed by atoms with E-state index in [-0.39, 0.29) is 11.1 Å². The lowest BCUT2D eigenvalue weighted by Gasteiger charge is -2.55. The molecule has 3 unspecified atom stereocenters. The van der Waals surface area contributed by atoms with Gasteiger partial charge in [-0.05, 0) is 37.8 Å². The number of piperazine rings is 1. The van der Waals surface area contributed by atoms with Crippen LogP contribution in [0.1, 0.15) is 58.4 Å². The molecule has 1 heterocycles. The van der Waals surface area contributed by atoms with Crippen molar-refractivity contribution in [3.05, 3.63) is 29.8 Å². The third kappa shape index (κ3) is 3.23. The zero-order chi connectivity index (χ0) is 16.6. The number of benzene rings is 1. The Hall–Kier alpha value is -1.16. The van der Waals surface area contributed by atoms with Gasteiger partial charge in [-0.25, -0.2) is 8.78 Å². The Kier molecular flexibility index (Phi) is 4.63. The summed E-state index contributed by atoms with van der Waals surface area (Å²) in [4.78, 5) is 2.47. The number of nitrogens with one attached hydrogen (secondary N) is 1. The SMILES string of the molecule is CC(C)C1(C)CN(c2ccc(C(F)F)cc2)C2CCCCC2N1. The van der Waals surface area contributed by atoms with Crippen LogP contribution in [0.25, 0.3) is 0 Å². The topological polar surface area (TPSA) is 15.3 Å². The van der Waals surface area contributed by atoms with Gasteiger partial charge in [0.1, 0.15) is 0 Å². The maximum Gasteiger partial charge on any atom is 0.263 e. The molecule has 1 saturated carbocycles. The van der Waals surface area contributed by atoms with Crippen molar-refractivity contribution in [2.24, 2.45) is 5.92 Å². The predicted molar refractivity (Wildman–Crippen MR) is 91.2 cm³/mol. The van der Waals surface area contributed by atoms with Crippen molar-refractivity contribution in [1.29, 1.82) is 0 Å². The van der Waals surface area contributed by atoms with E-state index in [0.717, 1.165) is 12.2 Å². The number of fused-ring (bicyclic) bond motifs is 1. The van der Waals surface area contributed by atoms with Crippen molar-refractivity contribution in [3.8, 4) is 0 Å². The summed E-state index contributed by atoms with van der Waals surface area (Å²) in [7, 11) is 0. The van der Waals surface area contributed by atoms with Crippen molar-refractivity contribution in [3.63, 3.8) is 0 Å². The zero-order valence-electron chi connectivity index (χ0n) is 14.4. The minimum Gasteiger partial charge on any atom is -0.365 e. The molecule has 3 atom stereocenters. The molecular weight excluding hydrogens is 294 g/mol. The highest BCUT2D eigenvalue weighted by Gasteiger charge is 2.44. The Morgan fingerprint density at radius 1 is 1.13 bits per heavy atom. The fourth-order valence-electron chi connectivity index (χ4n) is 4.04. The summed E-state index contributed by atoms with van der Waals surface area (Å²) in [6.07, 6.45) is 2.53. The third-order valence-electron chi connectivity index (χ3n) is 5.89. The molecular formula is C19H28F2N2. The van der Waals surface area contributed by atoms with Crippen LogP contribution in [0.4, 0.5) is 14.5 Å². The molecule has 1 aromatic carbocycles. The van der Waals surface area contributed by atoms with Crippen LogP contribution in [-0.2, 0) is 0 Å². The van der Waals surface area contributed by atoms with Gasteiger partial charge in [-0.1, -0.05) is 38.8 Å². The summed E-state index contributed by atoms with van der Waals surface area (Å²) < 4.78 is 25.6. The zero-order valence-corrected chi connectivity index (χ0v) is 14.4. The van der Waals surface area contributed by atoms with Crippen molar-refractivity contribution in [1.82, 2.24) is 5.32 Å². The minimum atomic E-state index is -2.39. The van der Waals surface area contributed by atoms with Gasteiger partial charge in [-0.3, -0.25) is 0 Å². The molecule has 2 fully saturated rings. The lowest BCUT2D eigenvalue weighted by molar-refractivity contribution is 0.147. The average molecular weight is 322 g/mol. The Balaban J connectivity index is 1.90. The van der Waals surface area contributed by atoms with Gasteiger partial charge in [0.05, 0.1) is 0 Å². The highest BCUT2D eigenvalue weighted by molar-refractivity contribution is 5.50. The smallest absolute Gasteiger partial charge is 0.263 e. The Morgan fingerprint density at radius 3 is 2.39 bits per heavy atom. The van der Waals surface area contributed by atoms with Crippen molar-refractivity contribution >= 4 is 5.69 Å². The van der Waals surface area contributed by atoms with Gasteiger partial charge in [0.15, 0.2) is 0 Å². The normalized spacial score (nSPS) is 31.5. The molecule has 23 heavy (non-hydrogen) atoms. The van der Waals surface area contributed by atoms with E-state index in [1.54, 1.807) is 12.1 Å². The summed E-state index contributed by atoms with van der Waals surface area (Å²) in [5, 5.41) is 3.90. The molecule has 1 aromatic rings. The van der Waals surface area contributed by atoms with E-state index in [2.05, 4.69) is 31.0 Å². The van der Waals surface area contributed by atoms with Gasteiger partial charge in [0, 0.05) is 35.4 Å². The van der Waals surface area contributed by atoms with Crippen LogP contribution in [0.2, 0.25) is 0 Å². The summed E-state index contributed by atoms with van der Waals surface area (Å²) in [6.45, 7) is 7.74. The molecule has 128 valence electrons. The molecule has 1 aliphatic heterocycles. The van der Waals surface area contributed by atoms with Crippen molar-refractivity contribution in [2.75, 3.05) is 11.4 Å². The van der Waals surface area contributed by atoms with Crippen LogP contribution in [0.3, 0.4) is 0 Å². The second-order valence-corrected chi connectivity index (χ2v) is 7.69. The van der Waals surface area contributed by atoms with Crippen molar-refractivity contribution < 1.29 is 8.78 Å². The number of nitrogens with zero attached hydrogens (tertiary/aromatic N) is 1. The van der Waals surface area contributed by atoms with Gasteiger partial charge in [-0.15, -0.1) is 0 Å². The van der Waals surface area contributed by atoms with E-state index in [9.17, 15) is 8.78 Å². The molecule has 0 amide bonds. The number of hydrogen-bond donors (Lipinski definition) is 1. The Bertz CT molecular complexity index is 529. The molecule has 0 aromatic heterocycles. The molecule has 2 nitrogen and oxygen atoms in total. The molecule has 1 saturated heterocycles. The van der Waals surface area contributed by atoms with Crippen LogP contribution >= 0.6 is 0 Å². The molecule has 0 bridgehead atoms. The van der Waals surface area contributed by atoms with Crippen LogP contribution in [-0.4, -0.2) is 24.2 Å². The number of rotatable bonds is 3. The van der Waals surface area contributed by atoms with Crippen molar-refractivity contribution in [2.45, 2.75) is 70.5 Å². The second-order valence-electron chi connectivity index (χ2n) is 7.69. The molecule has 0 radical (unpaired) electrons. The van der Waals surface area contributed by atoms with E-state index in [1.807, 2.05) is 12.1 Å². The van der Waals surface area contributed by atoms with Gasteiger partial charge in [0.2, 0.25) is 0 Å². The number of anilines is 1. The molecule has 1 N–H and O–H groups in total. The number of alkyl halides is 2. The van der Waals surface area contributed by atoms with Gasteiger partial charge in [0.25, 0.3) is 6.43 Å². The summed E-state index contributed by atoms with van der Waals surface area (Å²) >= 11 is 0. The lowest BCUT2D eigenvalue weighted by atomic mass is 9.78. The van der Waals surface area contributed by atoms with Crippen LogP contribution < -0.4 is 10.2 Å². The van der Waals surface area contributed by atoms with E-state index in [0.29, 0.717) is 18.0 Å². The first-order valence-electron chi connectivity index (χ1n) is 8.83. The highest BCUT2D eigenvalue weighted by atomic mass is 19.3. The largest absolute Gasteiger partial charge is 0.365 e. The van der Waals surface area contributed by atoms with Gasteiger partial charge < -0.3 is 10.2 Å². The monoisotopic (exact) mass is 322 g/mol. The first kappa shape index (κ1) is 16.7. The maximum absolute atomic E-state index is 12.8. The average Bonchev–Trinajstić information content (AvgIpc) is 2.54. The predicted octanol–water partition coefficient (Wildman–Crippen LogP) is 4.76. The molecule has 0 spiro atoms. The van der Waals surface area contributed by atoms with Gasteiger partial charge >= 0.3 is 0 Å². The van der Waals surface area contributed by atoms with E-state index in [4.69, 9.17) is 0 Å². The summed E-state index contributed by atoms with van der Waals surface area (Å²) in [5.41, 5.74) is 1.25. The molecule has 4 heteroatoms. The Morgan fingerprint density at radius 2 is 1.78 bits per heavy atom. The number of halogens is 2. The second kappa shape index (κ2) is 6.39. The lowest BCUT2D eigenvalue weighted by Crippen LogP contribution is -2.70. The summed E-state index contributed by atoms with van der Waals surface area (Å²) in [5.74, 6) is 0.521. The van der Waals surface area contributed by atoms with Gasteiger partial charge in [-0.2, -0.15) is 0 Å². The van der Waals surface area contributed by atoms with Crippen LogP contribution in [0.15, 0.2) is 24.3 Å². The third-order valence-corrected chi connectivity index (χ3v) is 5.89. The maximum atomic E-state index is 12.8. The Labute approximate surface area is 138 Å². The van der Waals surface area contributed by atoms with E-state index in [1.165, 1.54) is 25.7 Å². The first-order valence-corrected chi connectivity index (χ1v) is 8.83. The molecule has 1 aliphatic carbocycles. The minimum absolute atomic E-state index is 0.0554. The fourth-order valence-corrected chi connectivity index (χ4v) is 4.04. The highest BCUT2D eigenvalue weighted by Crippen LogP contribution is 2.36.